The first-order valence-corrected chi connectivity index (χ1v) is 8.82. The lowest BCUT2D eigenvalue weighted by molar-refractivity contribution is -0.119. The van der Waals surface area contributed by atoms with Crippen molar-refractivity contribution in [3.05, 3.63) is 47.6 Å². The first-order chi connectivity index (χ1) is 10.5. The van der Waals surface area contributed by atoms with Gasteiger partial charge in [0, 0.05) is 6.42 Å². The van der Waals surface area contributed by atoms with Crippen LogP contribution in [0.2, 0.25) is 0 Å². The Hall–Kier alpha value is -1.93. The maximum Gasteiger partial charge on any atom is 0.273 e. The average Bonchev–Trinajstić information content (AvgIpc) is 3.00. The summed E-state index contributed by atoms with van der Waals surface area (Å²) >= 11 is 1.03. The van der Waals surface area contributed by atoms with E-state index >= 15 is 0 Å². The summed E-state index contributed by atoms with van der Waals surface area (Å²) in [5.41, 5.74) is 0. The molecule has 2 aromatic rings. The smallest absolute Gasteiger partial charge is 0.273 e. The Morgan fingerprint density at radius 2 is 2.00 bits per heavy atom. The number of halogens is 1. The van der Waals surface area contributed by atoms with Gasteiger partial charge in [-0.1, -0.05) is 18.2 Å². The zero-order valence-corrected chi connectivity index (χ0v) is 13.1. The number of thiophene rings is 1. The molecule has 0 aliphatic heterocycles. The Bertz CT molecular complexity index is 729. The summed E-state index contributed by atoms with van der Waals surface area (Å²) in [6, 6.07) is 8.95. The summed E-state index contributed by atoms with van der Waals surface area (Å²) in [5.74, 6) is -0.994. The third-order valence-electron chi connectivity index (χ3n) is 2.65. The maximum atomic E-state index is 13.3. The molecule has 8 heteroatoms. The van der Waals surface area contributed by atoms with Crippen LogP contribution < -0.4 is 9.46 Å². The van der Waals surface area contributed by atoms with Gasteiger partial charge < -0.3 is 4.74 Å². The molecule has 0 saturated heterocycles. The highest BCUT2D eigenvalue weighted by Gasteiger charge is 2.18. The van der Waals surface area contributed by atoms with E-state index in [2.05, 4.69) is 0 Å². The molecule has 1 N–H and O–H groups in total. The van der Waals surface area contributed by atoms with E-state index in [9.17, 15) is 17.6 Å². The van der Waals surface area contributed by atoms with E-state index in [4.69, 9.17) is 4.74 Å². The molecule has 1 aromatic carbocycles. The van der Waals surface area contributed by atoms with Gasteiger partial charge in [0.2, 0.25) is 5.91 Å². The van der Waals surface area contributed by atoms with Crippen LogP contribution >= 0.6 is 11.3 Å². The summed E-state index contributed by atoms with van der Waals surface area (Å²) in [7, 11) is -3.79. The number of sulfonamides is 1. The Morgan fingerprint density at radius 3 is 2.68 bits per heavy atom. The topological polar surface area (TPSA) is 72.5 Å². The first kappa shape index (κ1) is 16.4. The molecule has 0 radical (unpaired) electrons. The molecule has 1 amide bonds. The quantitative estimate of drug-likeness (QED) is 0.784. The van der Waals surface area contributed by atoms with E-state index in [1.165, 1.54) is 18.2 Å². The van der Waals surface area contributed by atoms with Crippen molar-refractivity contribution in [1.29, 1.82) is 0 Å². The van der Waals surface area contributed by atoms with Gasteiger partial charge in [-0.05, 0) is 30.0 Å². The van der Waals surface area contributed by atoms with Gasteiger partial charge >= 0.3 is 0 Å². The highest BCUT2D eigenvalue weighted by molar-refractivity contribution is 7.92. The van der Waals surface area contributed by atoms with Gasteiger partial charge in [0.15, 0.2) is 11.6 Å². The lowest BCUT2D eigenvalue weighted by Crippen LogP contribution is -2.30. The van der Waals surface area contributed by atoms with Crippen molar-refractivity contribution in [2.75, 3.05) is 6.61 Å². The molecule has 22 heavy (non-hydrogen) atoms. The van der Waals surface area contributed by atoms with E-state index in [1.54, 1.807) is 23.6 Å². The second-order valence-electron chi connectivity index (χ2n) is 4.34. The molecule has 1 aromatic heterocycles. The van der Waals surface area contributed by atoms with E-state index in [0.717, 1.165) is 11.3 Å². The predicted octanol–water partition coefficient (Wildman–Crippen LogP) is 2.55. The number of hydrogen-bond acceptors (Lipinski definition) is 5. The molecule has 0 aliphatic carbocycles. The van der Waals surface area contributed by atoms with E-state index < -0.39 is 21.7 Å². The van der Waals surface area contributed by atoms with E-state index in [-0.39, 0.29) is 29.4 Å². The Kier molecular flexibility index (Phi) is 5.51. The number of hydrogen-bond donors (Lipinski definition) is 1. The van der Waals surface area contributed by atoms with Gasteiger partial charge in [0.1, 0.15) is 4.21 Å². The van der Waals surface area contributed by atoms with Crippen molar-refractivity contribution in [1.82, 2.24) is 4.72 Å². The van der Waals surface area contributed by atoms with E-state index in [1.807, 2.05) is 4.72 Å². The Labute approximate surface area is 131 Å². The molecule has 5 nitrogen and oxygen atoms in total. The van der Waals surface area contributed by atoms with Crippen molar-refractivity contribution in [3.8, 4) is 5.75 Å². The molecule has 0 atom stereocenters. The van der Waals surface area contributed by atoms with Gasteiger partial charge in [0.05, 0.1) is 6.61 Å². The van der Waals surface area contributed by atoms with Crippen molar-refractivity contribution in [2.24, 2.45) is 0 Å². The van der Waals surface area contributed by atoms with Crippen LogP contribution in [0.4, 0.5) is 4.39 Å². The highest BCUT2D eigenvalue weighted by Crippen LogP contribution is 2.16. The lowest BCUT2D eigenvalue weighted by atomic mass is 10.3. The average molecular weight is 343 g/mol. The summed E-state index contributed by atoms with van der Waals surface area (Å²) in [6.45, 7) is 0.118. The molecule has 0 saturated carbocycles. The minimum Gasteiger partial charge on any atom is -0.491 e. The Morgan fingerprint density at radius 1 is 1.23 bits per heavy atom. The number of rotatable bonds is 7. The summed E-state index contributed by atoms with van der Waals surface area (Å²) in [6.07, 6.45) is 0.249. The SMILES string of the molecule is O=C(CCCOc1ccccc1F)NS(=O)(=O)c1cccs1. The summed E-state index contributed by atoms with van der Waals surface area (Å²) in [5, 5.41) is 1.61. The van der Waals surface area contributed by atoms with Crippen LogP contribution in [0.1, 0.15) is 12.8 Å². The third kappa shape index (κ3) is 4.54. The molecule has 0 bridgehead atoms. The van der Waals surface area contributed by atoms with Crippen LogP contribution in [0.5, 0.6) is 5.75 Å². The second-order valence-corrected chi connectivity index (χ2v) is 7.20. The number of benzene rings is 1. The van der Waals surface area contributed by atoms with Gasteiger partial charge in [-0.15, -0.1) is 11.3 Å². The van der Waals surface area contributed by atoms with Gasteiger partial charge in [0.25, 0.3) is 10.0 Å². The fourth-order valence-electron chi connectivity index (χ4n) is 1.64. The van der Waals surface area contributed by atoms with Crippen molar-refractivity contribution in [2.45, 2.75) is 17.1 Å². The summed E-state index contributed by atoms with van der Waals surface area (Å²) in [4.78, 5) is 11.6. The predicted molar refractivity (Wildman–Crippen MR) is 80.8 cm³/mol. The number of para-hydroxylation sites is 1. The summed E-state index contributed by atoms with van der Waals surface area (Å²) < 4.78 is 44.1. The van der Waals surface area contributed by atoms with E-state index in [0.29, 0.717) is 0 Å². The standard InChI is InChI=1S/C14H14FNO4S2/c15-11-5-1-2-6-12(11)20-9-3-7-13(17)16-22(18,19)14-8-4-10-21-14/h1-2,4-6,8,10H,3,7,9H2,(H,16,17). The second kappa shape index (κ2) is 7.37. The first-order valence-electron chi connectivity index (χ1n) is 6.45. The van der Waals surface area contributed by atoms with Crippen LogP contribution in [0, 0.1) is 5.82 Å². The number of carbonyl (C=O) groups excluding carboxylic acids is 1. The zero-order chi connectivity index (χ0) is 16.0. The van der Waals surface area contributed by atoms with Crippen LogP contribution in [0.3, 0.4) is 0 Å². The minimum atomic E-state index is -3.79. The van der Waals surface area contributed by atoms with Crippen LogP contribution in [0.15, 0.2) is 46.0 Å². The lowest BCUT2D eigenvalue weighted by Gasteiger charge is -2.07. The molecule has 0 aliphatic rings. The number of ether oxygens (including phenoxy) is 1. The number of amides is 1. The molecule has 0 unspecified atom stereocenters. The number of carbonyl (C=O) groups is 1. The minimum absolute atomic E-state index is 0.0287. The van der Waals surface area contributed by atoms with Gasteiger partial charge in [-0.2, -0.15) is 0 Å². The molecular weight excluding hydrogens is 329 g/mol. The zero-order valence-electron chi connectivity index (χ0n) is 11.5. The molecule has 118 valence electrons. The van der Waals surface area contributed by atoms with Crippen LogP contribution in [0.25, 0.3) is 0 Å². The Balaban J connectivity index is 1.76. The fraction of sp³-hybridized carbons (Fsp3) is 0.214. The van der Waals surface area contributed by atoms with Crippen LogP contribution in [-0.2, 0) is 14.8 Å². The largest absolute Gasteiger partial charge is 0.491 e. The van der Waals surface area contributed by atoms with Crippen molar-refractivity contribution >= 4 is 27.3 Å². The molecule has 0 spiro atoms. The molecule has 0 fully saturated rings. The number of nitrogens with one attached hydrogen (secondary N) is 1. The van der Waals surface area contributed by atoms with Gasteiger partial charge in [-0.3, -0.25) is 4.79 Å². The molecule has 1 heterocycles. The van der Waals surface area contributed by atoms with Crippen molar-refractivity contribution < 1.29 is 22.3 Å². The molecule has 2 rings (SSSR count). The third-order valence-corrected chi connectivity index (χ3v) is 5.42. The van der Waals surface area contributed by atoms with Crippen molar-refractivity contribution in [3.63, 3.8) is 0 Å². The highest BCUT2D eigenvalue weighted by atomic mass is 32.2. The fourth-order valence-corrected chi connectivity index (χ4v) is 3.65. The maximum absolute atomic E-state index is 13.3. The van der Waals surface area contributed by atoms with Gasteiger partial charge in [-0.25, -0.2) is 17.5 Å². The molecular formula is C14H14FNO4S2. The normalized spacial score (nSPS) is 11.1. The monoisotopic (exact) mass is 343 g/mol. The van der Waals surface area contributed by atoms with Crippen LogP contribution in [-0.4, -0.2) is 20.9 Å².